The summed E-state index contributed by atoms with van der Waals surface area (Å²) in [4.78, 5) is 41.1. The van der Waals surface area contributed by atoms with Crippen LogP contribution in [0.4, 0.5) is 0 Å². The highest BCUT2D eigenvalue weighted by molar-refractivity contribution is 6.10. The molecule has 2 N–H and O–H groups in total. The molecule has 1 aliphatic heterocycles. The maximum atomic E-state index is 13.4. The Kier molecular flexibility index (Phi) is 7.20. The van der Waals surface area contributed by atoms with E-state index >= 15 is 0 Å². The number of benzene rings is 2. The summed E-state index contributed by atoms with van der Waals surface area (Å²) in [7, 11) is 0. The number of piperazine rings is 1. The summed E-state index contributed by atoms with van der Waals surface area (Å²) in [6.07, 6.45) is 6.19. The van der Waals surface area contributed by atoms with Gasteiger partial charge in [0, 0.05) is 19.0 Å². The largest absolute Gasteiger partial charge is 0.351 e. The molecule has 0 radical (unpaired) electrons. The molecule has 1 heterocycles. The normalized spacial score (nSPS) is 21.8. The Morgan fingerprint density at radius 1 is 0.906 bits per heavy atom. The summed E-state index contributed by atoms with van der Waals surface area (Å²) in [5.41, 5.74) is 2.04. The summed E-state index contributed by atoms with van der Waals surface area (Å²) in [6, 6.07) is 17.7. The van der Waals surface area contributed by atoms with Gasteiger partial charge in [0.25, 0.3) is 11.8 Å². The zero-order chi connectivity index (χ0) is 22.3. The number of hydrogen-bond donors (Lipinski definition) is 2. The van der Waals surface area contributed by atoms with Gasteiger partial charge in [-0.05, 0) is 30.4 Å². The first-order chi connectivity index (χ1) is 15.6. The molecule has 6 heteroatoms. The second kappa shape index (κ2) is 10.4. The molecule has 2 atom stereocenters. The van der Waals surface area contributed by atoms with Crippen LogP contribution >= 0.6 is 0 Å². The third kappa shape index (κ3) is 5.36. The number of amides is 3. The van der Waals surface area contributed by atoms with Gasteiger partial charge < -0.3 is 15.5 Å². The number of nitrogens with one attached hydrogen (secondary N) is 2. The zero-order valence-corrected chi connectivity index (χ0v) is 18.3. The first-order valence-corrected chi connectivity index (χ1v) is 11.6. The van der Waals surface area contributed by atoms with Crippen molar-refractivity contribution in [3.05, 3.63) is 71.8 Å². The Balaban J connectivity index is 1.52. The summed E-state index contributed by atoms with van der Waals surface area (Å²) >= 11 is 0. The Bertz CT molecular complexity index is 926. The minimum Gasteiger partial charge on any atom is -0.351 e. The van der Waals surface area contributed by atoms with E-state index in [-0.39, 0.29) is 17.9 Å². The van der Waals surface area contributed by atoms with E-state index in [1.165, 1.54) is 11.3 Å². The lowest BCUT2D eigenvalue weighted by atomic mass is 9.94. The van der Waals surface area contributed by atoms with E-state index in [0.29, 0.717) is 19.4 Å². The molecule has 2 aliphatic rings. The van der Waals surface area contributed by atoms with Gasteiger partial charge in [-0.2, -0.15) is 0 Å². The summed E-state index contributed by atoms with van der Waals surface area (Å²) < 4.78 is 0. The fraction of sp³-hybridized carbons (Fsp3) is 0.423. The molecule has 168 valence electrons. The lowest BCUT2D eigenvalue weighted by Gasteiger charge is -2.39. The van der Waals surface area contributed by atoms with E-state index in [4.69, 9.17) is 0 Å². The molecule has 32 heavy (non-hydrogen) atoms. The van der Waals surface area contributed by atoms with Crippen molar-refractivity contribution in [2.24, 2.45) is 0 Å². The van der Waals surface area contributed by atoms with Gasteiger partial charge in [-0.1, -0.05) is 79.9 Å². The zero-order valence-electron chi connectivity index (χ0n) is 18.3. The van der Waals surface area contributed by atoms with Crippen molar-refractivity contribution in [2.75, 3.05) is 6.54 Å². The molecule has 0 bridgehead atoms. The van der Waals surface area contributed by atoms with Crippen LogP contribution in [0.5, 0.6) is 0 Å². The van der Waals surface area contributed by atoms with E-state index in [2.05, 4.69) is 10.6 Å². The van der Waals surface area contributed by atoms with Gasteiger partial charge in [0.15, 0.2) is 6.04 Å². The van der Waals surface area contributed by atoms with Crippen LogP contribution in [0.15, 0.2) is 60.7 Å². The second-order valence-corrected chi connectivity index (χ2v) is 8.76. The van der Waals surface area contributed by atoms with E-state index < -0.39 is 18.0 Å². The minimum atomic E-state index is -1.12. The highest BCUT2D eigenvalue weighted by Gasteiger charge is 2.44. The van der Waals surface area contributed by atoms with Crippen molar-refractivity contribution in [3.63, 3.8) is 0 Å². The summed E-state index contributed by atoms with van der Waals surface area (Å²) in [5.74, 6) is -0.964. The van der Waals surface area contributed by atoms with Crippen molar-refractivity contribution >= 4 is 17.7 Å². The Labute approximate surface area is 189 Å². The maximum Gasteiger partial charge on any atom is 0.253 e. The van der Waals surface area contributed by atoms with Crippen LogP contribution in [0, 0.1) is 0 Å². The van der Waals surface area contributed by atoms with Gasteiger partial charge in [0.1, 0.15) is 6.04 Å². The van der Waals surface area contributed by atoms with Gasteiger partial charge in [0.05, 0.1) is 0 Å². The predicted octanol–water partition coefficient (Wildman–Crippen LogP) is 2.62. The molecule has 0 aromatic heterocycles. The van der Waals surface area contributed by atoms with Crippen LogP contribution in [-0.2, 0) is 27.2 Å². The highest BCUT2D eigenvalue weighted by atomic mass is 16.2. The molecule has 6 nitrogen and oxygen atoms in total. The van der Waals surface area contributed by atoms with Gasteiger partial charge in [-0.25, -0.2) is 0 Å². The van der Waals surface area contributed by atoms with Crippen molar-refractivity contribution < 1.29 is 14.4 Å². The second-order valence-electron chi connectivity index (χ2n) is 8.76. The van der Waals surface area contributed by atoms with Crippen LogP contribution in [0.25, 0.3) is 0 Å². The molecular weight excluding hydrogens is 402 g/mol. The highest BCUT2D eigenvalue weighted by Crippen LogP contribution is 2.20. The van der Waals surface area contributed by atoms with Gasteiger partial charge in [0.2, 0.25) is 5.91 Å². The number of carbonyl (C=O) groups excluding carboxylic acids is 3. The molecule has 2 fully saturated rings. The average Bonchev–Trinajstić information content (AvgIpc) is 2.82. The maximum absolute atomic E-state index is 13.4. The summed E-state index contributed by atoms with van der Waals surface area (Å²) in [6.45, 7) is 0.324. The smallest absolute Gasteiger partial charge is 0.253 e. The van der Waals surface area contributed by atoms with E-state index in [0.717, 1.165) is 36.8 Å². The van der Waals surface area contributed by atoms with Crippen LogP contribution in [0.3, 0.4) is 0 Å². The number of hydrogen-bond acceptors (Lipinski definition) is 3. The topological polar surface area (TPSA) is 78.5 Å². The fourth-order valence-corrected chi connectivity index (χ4v) is 4.69. The van der Waals surface area contributed by atoms with Crippen LogP contribution in [0.2, 0.25) is 0 Å². The molecule has 2 aromatic carbocycles. The average molecular weight is 434 g/mol. The van der Waals surface area contributed by atoms with Crippen molar-refractivity contribution in [2.45, 2.75) is 63.1 Å². The monoisotopic (exact) mass is 433 g/mol. The molecule has 1 aliphatic carbocycles. The summed E-state index contributed by atoms with van der Waals surface area (Å²) in [5, 5.41) is 5.86. The first kappa shape index (κ1) is 22.1. The van der Waals surface area contributed by atoms with E-state index in [1.54, 1.807) is 0 Å². The Morgan fingerprint density at radius 2 is 1.53 bits per heavy atom. The van der Waals surface area contributed by atoms with Gasteiger partial charge >= 0.3 is 0 Å². The molecule has 1 saturated carbocycles. The SMILES string of the molecule is O=C(NC1CCCCC1)C1C(=O)NC(Cc2ccccc2)C(=O)N1CCc1ccccc1. The van der Waals surface area contributed by atoms with Crippen LogP contribution in [0.1, 0.15) is 43.2 Å². The van der Waals surface area contributed by atoms with E-state index in [9.17, 15) is 14.4 Å². The molecule has 1 saturated heterocycles. The van der Waals surface area contributed by atoms with E-state index in [1.807, 2.05) is 60.7 Å². The molecule has 2 aromatic rings. The number of rotatable bonds is 7. The van der Waals surface area contributed by atoms with Crippen LogP contribution < -0.4 is 10.6 Å². The third-order valence-corrected chi connectivity index (χ3v) is 6.42. The van der Waals surface area contributed by atoms with Gasteiger partial charge in [-0.3, -0.25) is 14.4 Å². The Hall–Kier alpha value is -3.15. The number of nitrogens with zero attached hydrogens (tertiary/aromatic N) is 1. The quantitative estimate of drug-likeness (QED) is 0.659. The molecule has 2 unspecified atom stereocenters. The molecule has 0 spiro atoms. The number of carbonyl (C=O) groups is 3. The minimum absolute atomic E-state index is 0.0807. The molecule has 3 amide bonds. The van der Waals surface area contributed by atoms with Crippen molar-refractivity contribution in [3.8, 4) is 0 Å². The van der Waals surface area contributed by atoms with Crippen molar-refractivity contribution in [1.29, 1.82) is 0 Å². The Morgan fingerprint density at radius 3 is 2.19 bits per heavy atom. The lowest BCUT2D eigenvalue weighted by molar-refractivity contribution is -0.154. The first-order valence-electron chi connectivity index (χ1n) is 11.6. The lowest BCUT2D eigenvalue weighted by Crippen LogP contribution is -2.68. The molecule has 4 rings (SSSR count). The van der Waals surface area contributed by atoms with Gasteiger partial charge in [-0.15, -0.1) is 0 Å². The van der Waals surface area contributed by atoms with Crippen molar-refractivity contribution in [1.82, 2.24) is 15.5 Å². The fourth-order valence-electron chi connectivity index (χ4n) is 4.69. The standard InChI is InChI=1S/C26H31N3O3/c30-24(27-21-14-8-3-9-15-21)23-25(31)28-22(18-20-12-6-2-7-13-20)26(32)29(23)17-16-19-10-4-1-5-11-19/h1-2,4-7,10-13,21-23H,3,8-9,14-18H2,(H,27,30)(H,28,31). The third-order valence-electron chi connectivity index (χ3n) is 6.42. The predicted molar refractivity (Wildman–Crippen MR) is 123 cm³/mol. The molecular formula is C26H31N3O3. The van der Waals surface area contributed by atoms with Crippen LogP contribution in [-0.4, -0.2) is 47.3 Å².